The molecule has 1 aromatic heterocycles. The molecular formula is C9H11NO4. The lowest BCUT2D eigenvalue weighted by atomic mass is 10.1. The first-order valence-electron chi connectivity index (χ1n) is 4.03. The number of aliphatic carboxylic acids is 1. The van der Waals surface area contributed by atoms with E-state index in [0.717, 1.165) is 0 Å². The molecule has 0 aliphatic heterocycles. The fourth-order valence-corrected chi connectivity index (χ4v) is 1.03. The third-order valence-electron chi connectivity index (χ3n) is 1.72. The van der Waals surface area contributed by atoms with Crippen molar-refractivity contribution in [2.75, 3.05) is 7.11 Å². The van der Waals surface area contributed by atoms with Crippen LogP contribution in [0.25, 0.3) is 0 Å². The largest absolute Gasteiger partial charge is 0.481 e. The smallest absolute Gasteiger partial charge is 0.306 e. The number of carboxylic acids is 1. The zero-order valence-corrected chi connectivity index (χ0v) is 7.67. The molecule has 1 aromatic rings. The molecule has 0 aliphatic rings. The molecule has 0 bridgehead atoms. The number of methoxy groups -OCH3 is 1. The van der Waals surface area contributed by atoms with E-state index in [2.05, 4.69) is 4.98 Å². The molecule has 0 saturated carbocycles. The van der Waals surface area contributed by atoms with Gasteiger partial charge in [-0.2, -0.15) is 0 Å². The molecule has 1 heterocycles. The van der Waals surface area contributed by atoms with Gasteiger partial charge in [0.15, 0.2) is 0 Å². The number of hydrogen-bond donors (Lipinski definition) is 2. The van der Waals surface area contributed by atoms with Gasteiger partial charge in [-0.1, -0.05) is 0 Å². The molecule has 14 heavy (non-hydrogen) atoms. The van der Waals surface area contributed by atoms with E-state index >= 15 is 0 Å². The Morgan fingerprint density at radius 3 is 3.00 bits per heavy atom. The van der Waals surface area contributed by atoms with Gasteiger partial charge in [-0.3, -0.25) is 4.79 Å². The molecular weight excluding hydrogens is 186 g/mol. The van der Waals surface area contributed by atoms with E-state index in [0.29, 0.717) is 11.4 Å². The first kappa shape index (κ1) is 10.5. The zero-order chi connectivity index (χ0) is 10.6. The van der Waals surface area contributed by atoms with E-state index in [-0.39, 0.29) is 6.42 Å². The molecule has 0 unspecified atom stereocenters. The van der Waals surface area contributed by atoms with Gasteiger partial charge < -0.3 is 14.9 Å². The fraction of sp³-hybridized carbons (Fsp3) is 0.333. The number of aromatic nitrogens is 1. The van der Waals surface area contributed by atoms with Crippen molar-refractivity contribution in [2.24, 2.45) is 0 Å². The molecule has 1 atom stereocenters. The van der Waals surface area contributed by atoms with E-state index in [1.807, 2.05) is 0 Å². The second kappa shape index (κ2) is 4.57. The predicted octanol–water partition coefficient (Wildman–Crippen LogP) is 0.598. The van der Waals surface area contributed by atoms with Crippen LogP contribution in [0.3, 0.4) is 0 Å². The van der Waals surface area contributed by atoms with Crippen molar-refractivity contribution in [2.45, 2.75) is 12.5 Å². The molecule has 2 N–H and O–H groups in total. The molecule has 0 aliphatic carbocycles. The molecule has 0 aromatic carbocycles. The highest BCUT2D eigenvalue weighted by molar-refractivity contribution is 5.67. The molecule has 0 fully saturated rings. The van der Waals surface area contributed by atoms with Crippen LogP contribution in [0.1, 0.15) is 18.1 Å². The summed E-state index contributed by atoms with van der Waals surface area (Å²) in [5, 5.41) is 17.9. The van der Waals surface area contributed by atoms with Gasteiger partial charge in [0, 0.05) is 12.3 Å². The summed E-state index contributed by atoms with van der Waals surface area (Å²) in [6, 6.07) is 3.06. The summed E-state index contributed by atoms with van der Waals surface area (Å²) >= 11 is 0. The van der Waals surface area contributed by atoms with Crippen LogP contribution in [0.2, 0.25) is 0 Å². The number of ether oxygens (including phenoxy) is 1. The van der Waals surface area contributed by atoms with Crippen LogP contribution in [0.15, 0.2) is 18.3 Å². The van der Waals surface area contributed by atoms with Gasteiger partial charge in [-0.05, 0) is 11.6 Å². The van der Waals surface area contributed by atoms with E-state index in [4.69, 9.17) is 9.84 Å². The van der Waals surface area contributed by atoms with E-state index < -0.39 is 12.1 Å². The second-order valence-corrected chi connectivity index (χ2v) is 2.75. The Kier molecular flexibility index (Phi) is 3.41. The Labute approximate surface area is 81.0 Å². The maximum Gasteiger partial charge on any atom is 0.306 e. The number of hydrogen-bond acceptors (Lipinski definition) is 4. The molecule has 1 rings (SSSR count). The van der Waals surface area contributed by atoms with Crippen molar-refractivity contribution in [1.82, 2.24) is 4.98 Å². The third-order valence-corrected chi connectivity index (χ3v) is 1.72. The topological polar surface area (TPSA) is 79.7 Å². The maximum atomic E-state index is 10.3. The molecule has 0 amide bonds. The van der Waals surface area contributed by atoms with Crippen LogP contribution in [0, 0.1) is 0 Å². The summed E-state index contributed by atoms with van der Waals surface area (Å²) in [5.74, 6) is -0.694. The van der Waals surface area contributed by atoms with Crippen LogP contribution in [0.5, 0.6) is 5.88 Å². The second-order valence-electron chi connectivity index (χ2n) is 2.75. The lowest BCUT2D eigenvalue weighted by molar-refractivity contribution is -0.139. The number of carboxylic acid groups (broad SMARTS) is 1. The quantitative estimate of drug-likeness (QED) is 0.738. The monoisotopic (exact) mass is 197 g/mol. The van der Waals surface area contributed by atoms with E-state index in [9.17, 15) is 9.90 Å². The van der Waals surface area contributed by atoms with E-state index in [1.54, 1.807) is 6.07 Å². The highest BCUT2D eigenvalue weighted by Crippen LogP contribution is 2.19. The highest BCUT2D eigenvalue weighted by atomic mass is 16.5. The Morgan fingerprint density at radius 2 is 2.43 bits per heavy atom. The Bertz CT molecular complexity index is 326. The number of aliphatic hydroxyl groups excluding tert-OH is 1. The van der Waals surface area contributed by atoms with Crippen molar-refractivity contribution < 1.29 is 19.7 Å². The minimum atomic E-state index is -1.05. The van der Waals surface area contributed by atoms with Gasteiger partial charge in [-0.25, -0.2) is 4.98 Å². The number of carbonyl (C=O) groups is 1. The number of nitrogens with zero attached hydrogens (tertiary/aromatic N) is 1. The van der Waals surface area contributed by atoms with Gasteiger partial charge in [0.1, 0.15) is 0 Å². The van der Waals surface area contributed by atoms with Gasteiger partial charge in [0.2, 0.25) is 5.88 Å². The van der Waals surface area contributed by atoms with Crippen LogP contribution in [0.4, 0.5) is 0 Å². The molecule has 0 radical (unpaired) electrons. The summed E-state index contributed by atoms with van der Waals surface area (Å²) < 4.78 is 4.84. The molecule has 76 valence electrons. The first-order chi connectivity index (χ1) is 6.63. The Morgan fingerprint density at radius 1 is 1.71 bits per heavy atom. The molecule has 5 nitrogen and oxygen atoms in total. The van der Waals surface area contributed by atoms with Gasteiger partial charge >= 0.3 is 5.97 Å². The summed E-state index contributed by atoms with van der Waals surface area (Å²) in [7, 11) is 1.45. The average molecular weight is 197 g/mol. The Balaban J connectivity index is 2.78. The van der Waals surface area contributed by atoms with Crippen molar-refractivity contribution >= 4 is 5.97 Å². The van der Waals surface area contributed by atoms with Crippen LogP contribution in [-0.2, 0) is 4.79 Å². The summed E-state index contributed by atoms with van der Waals surface area (Å²) in [6.45, 7) is 0. The minimum absolute atomic E-state index is 0.326. The summed E-state index contributed by atoms with van der Waals surface area (Å²) in [6.07, 6.45) is 0.108. The normalized spacial score (nSPS) is 12.1. The number of aliphatic hydroxyl groups is 1. The zero-order valence-electron chi connectivity index (χ0n) is 7.67. The van der Waals surface area contributed by atoms with Gasteiger partial charge in [-0.15, -0.1) is 0 Å². The first-order valence-corrected chi connectivity index (χ1v) is 4.03. The molecule has 5 heteroatoms. The predicted molar refractivity (Wildman–Crippen MR) is 48.0 cm³/mol. The van der Waals surface area contributed by atoms with Gasteiger partial charge in [0.05, 0.1) is 19.6 Å². The van der Waals surface area contributed by atoms with Crippen LogP contribution < -0.4 is 4.74 Å². The number of rotatable bonds is 4. The van der Waals surface area contributed by atoms with Crippen molar-refractivity contribution in [1.29, 1.82) is 0 Å². The summed E-state index contributed by atoms with van der Waals surface area (Å²) in [4.78, 5) is 14.2. The standard InChI is InChI=1S/C9H11NO4/c1-14-8-4-6(2-3-10-8)7(11)5-9(12)13/h2-4,7,11H,5H2,1H3,(H,12,13)/t7-/m0/s1. The summed E-state index contributed by atoms with van der Waals surface area (Å²) in [5.41, 5.74) is 0.485. The van der Waals surface area contributed by atoms with Crippen molar-refractivity contribution in [3.8, 4) is 5.88 Å². The minimum Gasteiger partial charge on any atom is -0.481 e. The molecule has 0 spiro atoms. The lowest BCUT2D eigenvalue weighted by Gasteiger charge is -2.08. The number of pyridine rings is 1. The lowest BCUT2D eigenvalue weighted by Crippen LogP contribution is -2.05. The maximum absolute atomic E-state index is 10.3. The van der Waals surface area contributed by atoms with E-state index in [1.165, 1.54) is 19.4 Å². The SMILES string of the molecule is COc1cc([C@@H](O)CC(=O)O)ccn1. The average Bonchev–Trinajstić information content (AvgIpc) is 2.17. The highest BCUT2D eigenvalue weighted by Gasteiger charge is 2.12. The van der Waals surface area contributed by atoms with Crippen molar-refractivity contribution in [3.63, 3.8) is 0 Å². The van der Waals surface area contributed by atoms with Crippen LogP contribution in [-0.4, -0.2) is 28.3 Å². The third kappa shape index (κ3) is 2.70. The molecule has 0 saturated heterocycles. The van der Waals surface area contributed by atoms with Crippen molar-refractivity contribution in [3.05, 3.63) is 23.9 Å². The Hall–Kier alpha value is -1.62. The van der Waals surface area contributed by atoms with Crippen LogP contribution >= 0.6 is 0 Å². The van der Waals surface area contributed by atoms with Gasteiger partial charge in [0.25, 0.3) is 0 Å². The fourth-order valence-electron chi connectivity index (χ4n) is 1.03.